The maximum atomic E-state index is 5.74. The van der Waals surface area contributed by atoms with Gasteiger partial charge in [0.1, 0.15) is 0 Å². The van der Waals surface area contributed by atoms with Crippen molar-refractivity contribution in [1.29, 1.82) is 0 Å². The molecule has 2 nitrogen and oxygen atoms in total. The lowest BCUT2D eigenvalue weighted by molar-refractivity contribution is 0.790. The standard InChI is InChI=1S/C11H17ClN2/c1-3-7-14(4-2)11-5-6-13-10(8-11)9-12/h5-6,8H,3-4,7,9H2,1-2H3. The highest BCUT2D eigenvalue weighted by atomic mass is 35.5. The van der Waals surface area contributed by atoms with E-state index in [0.717, 1.165) is 25.2 Å². The van der Waals surface area contributed by atoms with Crippen molar-refractivity contribution in [3.63, 3.8) is 0 Å². The van der Waals surface area contributed by atoms with Crippen LogP contribution in [-0.4, -0.2) is 18.1 Å². The van der Waals surface area contributed by atoms with Crippen LogP contribution in [0.25, 0.3) is 0 Å². The van der Waals surface area contributed by atoms with Crippen LogP contribution in [0.15, 0.2) is 18.3 Å². The van der Waals surface area contributed by atoms with Gasteiger partial charge in [-0.15, -0.1) is 11.6 Å². The Balaban J connectivity index is 2.80. The van der Waals surface area contributed by atoms with Crippen LogP contribution in [0.1, 0.15) is 26.0 Å². The van der Waals surface area contributed by atoms with E-state index in [0.29, 0.717) is 5.88 Å². The number of hydrogen-bond acceptors (Lipinski definition) is 2. The number of pyridine rings is 1. The summed E-state index contributed by atoms with van der Waals surface area (Å²) >= 11 is 5.74. The van der Waals surface area contributed by atoms with Crippen molar-refractivity contribution in [2.45, 2.75) is 26.1 Å². The fraction of sp³-hybridized carbons (Fsp3) is 0.545. The van der Waals surface area contributed by atoms with Crippen molar-refractivity contribution in [1.82, 2.24) is 4.98 Å². The van der Waals surface area contributed by atoms with E-state index in [1.165, 1.54) is 5.69 Å². The lowest BCUT2D eigenvalue weighted by Crippen LogP contribution is -2.23. The van der Waals surface area contributed by atoms with Crippen LogP contribution in [-0.2, 0) is 5.88 Å². The number of rotatable bonds is 5. The summed E-state index contributed by atoms with van der Waals surface area (Å²) in [5, 5.41) is 0. The Labute approximate surface area is 90.9 Å². The molecular formula is C11H17ClN2. The van der Waals surface area contributed by atoms with Crippen LogP contribution in [0.3, 0.4) is 0 Å². The molecule has 0 spiro atoms. The summed E-state index contributed by atoms with van der Waals surface area (Å²) < 4.78 is 0. The topological polar surface area (TPSA) is 16.1 Å². The summed E-state index contributed by atoms with van der Waals surface area (Å²) in [5.74, 6) is 0.484. The van der Waals surface area contributed by atoms with Gasteiger partial charge in [-0.2, -0.15) is 0 Å². The molecule has 0 aromatic carbocycles. The van der Waals surface area contributed by atoms with Crippen LogP contribution in [0, 0.1) is 0 Å². The van der Waals surface area contributed by atoms with Gasteiger partial charge in [-0.05, 0) is 25.5 Å². The van der Waals surface area contributed by atoms with E-state index in [9.17, 15) is 0 Å². The highest BCUT2D eigenvalue weighted by Crippen LogP contribution is 2.15. The summed E-state index contributed by atoms with van der Waals surface area (Å²) in [7, 11) is 0. The molecule has 0 amide bonds. The van der Waals surface area contributed by atoms with Gasteiger partial charge in [-0.25, -0.2) is 0 Å². The fourth-order valence-electron chi connectivity index (χ4n) is 1.47. The summed E-state index contributed by atoms with van der Waals surface area (Å²) in [4.78, 5) is 6.51. The van der Waals surface area contributed by atoms with Crippen molar-refractivity contribution in [2.24, 2.45) is 0 Å². The molecule has 0 aliphatic carbocycles. The lowest BCUT2D eigenvalue weighted by Gasteiger charge is -2.22. The predicted octanol–water partition coefficient (Wildman–Crippen LogP) is 3.06. The molecule has 0 bridgehead atoms. The number of nitrogens with zero attached hydrogens (tertiary/aromatic N) is 2. The molecule has 0 unspecified atom stereocenters. The van der Waals surface area contributed by atoms with E-state index >= 15 is 0 Å². The van der Waals surface area contributed by atoms with Crippen LogP contribution >= 0.6 is 11.6 Å². The zero-order chi connectivity index (χ0) is 10.4. The van der Waals surface area contributed by atoms with Crippen molar-refractivity contribution in [2.75, 3.05) is 18.0 Å². The van der Waals surface area contributed by atoms with Gasteiger partial charge < -0.3 is 4.90 Å². The van der Waals surface area contributed by atoms with E-state index < -0.39 is 0 Å². The largest absolute Gasteiger partial charge is 0.372 e. The smallest absolute Gasteiger partial charge is 0.0648 e. The maximum Gasteiger partial charge on any atom is 0.0648 e. The second-order valence-electron chi connectivity index (χ2n) is 3.22. The van der Waals surface area contributed by atoms with Crippen molar-refractivity contribution in [3.8, 4) is 0 Å². The maximum absolute atomic E-state index is 5.74. The number of aromatic nitrogens is 1. The highest BCUT2D eigenvalue weighted by Gasteiger charge is 2.03. The molecule has 1 heterocycles. The van der Waals surface area contributed by atoms with Crippen LogP contribution < -0.4 is 4.90 Å². The SMILES string of the molecule is CCCN(CC)c1ccnc(CCl)c1. The first-order chi connectivity index (χ1) is 6.81. The van der Waals surface area contributed by atoms with Gasteiger partial charge in [-0.3, -0.25) is 4.98 Å². The second-order valence-corrected chi connectivity index (χ2v) is 3.49. The molecule has 0 saturated carbocycles. The average molecular weight is 213 g/mol. The van der Waals surface area contributed by atoms with Gasteiger partial charge in [0.15, 0.2) is 0 Å². The van der Waals surface area contributed by atoms with E-state index in [2.05, 4.69) is 29.8 Å². The highest BCUT2D eigenvalue weighted by molar-refractivity contribution is 6.16. The molecule has 0 radical (unpaired) electrons. The molecule has 3 heteroatoms. The van der Waals surface area contributed by atoms with E-state index in [1.54, 1.807) is 0 Å². The average Bonchev–Trinajstić information content (AvgIpc) is 2.26. The molecule has 1 aromatic heterocycles. The molecule has 0 fully saturated rings. The fourth-order valence-corrected chi connectivity index (χ4v) is 1.62. The van der Waals surface area contributed by atoms with Crippen molar-refractivity contribution >= 4 is 17.3 Å². The first kappa shape index (κ1) is 11.3. The number of alkyl halides is 1. The third-order valence-corrected chi connectivity index (χ3v) is 2.45. The quantitative estimate of drug-likeness (QED) is 0.698. The zero-order valence-electron chi connectivity index (χ0n) is 8.83. The lowest BCUT2D eigenvalue weighted by atomic mass is 10.3. The monoisotopic (exact) mass is 212 g/mol. The second kappa shape index (κ2) is 5.86. The predicted molar refractivity (Wildman–Crippen MR) is 62.0 cm³/mol. The minimum atomic E-state index is 0.484. The summed E-state index contributed by atoms with van der Waals surface area (Å²) in [6, 6.07) is 4.10. The Morgan fingerprint density at radius 1 is 1.43 bits per heavy atom. The molecule has 14 heavy (non-hydrogen) atoms. The molecule has 0 N–H and O–H groups in total. The zero-order valence-corrected chi connectivity index (χ0v) is 9.59. The molecular weight excluding hydrogens is 196 g/mol. The molecule has 0 saturated heterocycles. The summed E-state index contributed by atoms with van der Waals surface area (Å²) in [5.41, 5.74) is 2.17. The molecule has 0 atom stereocenters. The normalized spacial score (nSPS) is 10.2. The van der Waals surface area contributed by atoms with Gasteiger partial charge in [-0.1, -0.05) is 6.92 Å². The van der Waals surface area contributed by atoms with Crippen LogP contribution in [0.5, 0.6) is 0 Å². The third-order valence-electron chi connectivity index (χ3n) is 2.18. The van der Waals surface area contributed by atoms with Crippen LogP contribution in [0.2, 0.25) is 0 Å². The minimum Gasteiger partial charge on any atom is -0.372 e. The van der Waals surface area contributed by atoms with Gasteiger partial charge in [0, 0.05) is 25.0 Å². The Morgan fingerprint density at radius 2 is 2.21 bits per heavy atom. The molecule has 0 aliphatic rings. The van der Waals surface area contributed by atoms with Gasteiger partial charge in [0.2, 0.25) is 0 Å². The summed E-state index contributed by atoms with van der Waals surface area (Å²) in [6.07, 6.45) is 2.98. The van der Waals surface area contributed by atoms with E-state index in [-0.39, 0.29) is 0 Å². The first-order valence-corrected chi connectivity index (χ1v) is 5.61. The van der Waals surface area contributed by atoms with Crippen LogP contribution in [0.4, 0.5) is 5.69 Å². The molecule has 1 rings (SSSR count). The Hall–Kier alpha value is -0.760. The van der Waals surface area contributed by atoms with E-state index in [4.69, 9.17) is 11.6 Å². The first-order valence-electron chi connectivity index (χ1n) is 5.07. The van der Waals surface area contributed by atoms with E-state index in [1.807, 2.05) is 12.3 Å². The van der Waals surface area contributed by atoms with Gasteiger partial charge >= 0.3 is 0 Å². The molecule has 1 aromatic rings. The minimum absolute atomic E-state index is 0.484. The van der Waals surface area contributed by atoms with Gasteiger partial charge in [0.05, 0.1) is 11.6 Å². The van der Waals surface area contributed by atoms with Crippen molar-refractivity contribution in [3.05, 3.63) is 24.0 Å². The molecule has 78 valence electrons. The Kier molecular flexibility index (Phi) is 4.74. The Bertz CT molecular complexity index is 276. The summed E-state index contributed by atoms with van der Waals surface area (Å²) in [6.45, 7) is 6.46. The third kappa shape index (κ3) is 2.88. The molecule has 0 aliphatic heterocycles. The van der Waals surface area contributed by atoms with Gasteiger partial charge in [0.25, 0.3) is 0 Å². The number of halogens is 1. The number of hydrogen-bond donors (Lipinski definition) is 0. The number of anilines is 1. The van der Waals surface area contributed by atoms with Crippen molar-refractivity contribution < 1.29 is 0 Å². The Morgan fingerprint density at radius 3 is 2.79 bits per heavy atom.